The third kappa shape index (κ3) is 4.10. The number of aryl methyl sites for hydroxylation is 1. The highest BCUT2D eigenvalue weighted by Crippen LogP contribution is 2.09. The molecule has 0 spiro atoms. The summed E-state index contributed by atoms with van der Waals surface area (Å²) in [7, 11) is 1.59. The largest absolute Gasteiger partial charge is 0.455 e. The molecule has 21 heavy (non-hydrogen) atoms. The second kappa shape index (κ2) is 7.50. The molecule has 1 heterocycles. The topological polar surface area (TPSA) is 61.3 Å². The molecule has 0 bridgehead atoms. The molecule has 0 radical (unpaired) electrons. The van der Waals surface area contributed by atoms with Crippen molar-refractivity contribution in [3.05, 3.63) is 59.2 Å². The fourth-order valence-corrected chi connectivity index (χ4v) is 1.89. The van der Waals surface area contributed by atoms with Gasteiger partial charge < -0.3 is 9.47 Å². The third-order valence-electron chi connectivity index (χ3n) is 3.01. The zero-order valence-corrected chi connectivity index (χ0v) is 12.2. The average molecular weight is 286 g/mol. The van der Waals surface area contributed by atoms with Crippen molar-refractivity contribution in [2.45, 2.75) is 26.6 Å². The van der Waals surface area contributed by atoms with Crippen LogP contribution in [0.5, 0.6) is 0 Å². The Bertz CT molecular complexity index is 600. The van der Waals surface area contributed by atoms with Gasteiger partial charge in [0.2, 0.25) is 5.82 Å². The summed E-state index contributed by atoms with van der Waals surface area (Å²) in [5, 5.41) is 0. The van der Waals surface area contributed by atoms with E-state index in [1.807, 2.05) is 37.3 Å². The van der Waals surface area contributed by atoms with Gasteiger partial charge in [-0.2, -0.15) is 0 Å². The second-order valence-corrected chi connectivity index (χ2v) is 4.51. The van der Waals surface area contributed by atoms with Gasteiger partial charge in [0.25, 0.3) is 0 Å². The Hall–Kier alpha value is -2.27. The standard InChI is InChI=1S/C16H18N2O3/c1-3-13-9-17-15(18-14(13)11-20-2)16(19)21-10-12-7-5-4-6-8-12/h4-9H,3,10-11H2,1-2H3. The SMILES string of the molecule is CCc1cnc(C(=O)OCc2ccccc2)nc1COC. The number of methoxy groups -OCH3 is 1. The van der Waals surface area contributed by atoms with Crippen LogP contribution in [0.25, 0.3) is 0 Å². The second-order valence-electron chi connectivity index (χ2n) is 4.51. The molecular formula is C16H18N2O3. The van der Waals surface area contributed by atoms with E-state index >= 15 is 0 Å². The predicted octanol–water partition coefficient (Wildman–Crippen LogP) is 2.54. The van der Waals surface area contributed by atoms with Gasteiger partial charge in [-0.15, -0.1) is 0 Å². The van der Waals surface area contributed by atoms with Crippen LogP contribution in [0.2, 0.25) is 0 Å². The first kappa shape index (κ1) is 15.1. The van der Waals surface area contributed by atoms with E-state index in [0.717, 1.165) is 23.2 Å². The number of carbonyl (C=O) groups excluding carboxylic acids is 1. The minimum atomic E-state index is -0.529. The van der Waals surface area contributed by atoms with Gasteiger partial charge in [0.15, 0.2) is 0 Å². The minimum Gasteiger partial charge on any atom is -0.455 e. The van der Waals surface area contributed by atoms with Crippen LogP contribution in [0.3, 0.4) is 0 Å². The summed E-state index contributed by atoms with van der Waals surface area (Å²) >= 11 is 0. The van der Waals surface area contributed by atoms with E-state index in [4.69, 9.17) is 9.47 Å². The molecule has 0 saturated heterocycles. The fourth-order valence-electron chi connectivity index (χ4n) is 1.89. The maximum atomic E-state index is 12.0. The highest BCUT2D eigenvalue weighted by molar-refractivity contribution is 5.85. The Morgan fingerprint density at radius 3 is 2.62 bits per heavy atom. The van der Waals surface area contributed by atoms with Crippen LogP contribution in [-0.4, -0.2) is 23.0 Å². The lowest BCUT2D eigenvalue weighted by Crippen LogP contribution is -2.13. The molecule has 0 aliphatic rings. The molecular weight excluding hydrogens is 268 g/mol. The quantitative estimate of drug-likeness (QED) is 0.764. The van der Waals surface area contributed by atoms with Crippen molar-refractivity contribution in [3.63, 3.8) is 0 Å². The lowest BCUT2D eigenvalue weighted by atomic mass is 10.2. The molecule has 0 aliphatic carbocycles. The summed E-state index contributed by atoms with van der Waals surface area (Å²) < 4.78 is 10.3. The lowest BCUT2D eigenvalue weighted by Gasteiger charge is -2.08. The summed E-state index contributed by atoms with van der Waals surface area (Å²) in [6.07, 6.45) is 2.44. The van der Waals surface area contributed by atoms with Gasteiger partial charge in [0, 0.05) is 13.3 Å². The van der Waals surface area contributed by atoms with Crippen LogP contribution in [0, 0.1) is 0 Å². The monoisotopic (exact) mass is 286 g/mol. The Balaban J connectivity index is 2.06. The number of hydrogen-bond acceptors (Lipinski definition) is 5. The summed E-state index contributed by atoms with van der Waals surface area (Å²) in [5.41, 5.74) is 2.62. The van der Waals surface area contributed by atoms with Gasteiger partial charge in [-0.05, 0) is 17.5 Å². The molecule has 1 aromatic heterocycles. The highest BCUT2D eigenvalue weighted by Gasteiger charge is 2.14. The smallest absolute Gasteiger partial charge is 0.376 e. The maximum absolute atomic E-state index is 12.0. The van der Waals surface area contributed by atoms with Crippen LogP contribution in [0.15, 0.2) is 36.5 Å². The molecule has 110 valence electrons. The summed E-state index contributed by atoms with van der Waals surface area (Å²) in [6, 6.07) is 9.49. The molecule has 2 aromatic rings. The lowest BCUT2D eigenvalue weighted by molar-refractivity contribution is 0.0457. The number of nitrogens with zero attached hydrogens (tertiary/aromatic N) is 2. The number of ether oxygens (including phenoxy) is 2. The van der Waals surface area contributed by atoms with Gasteiger partial charge in [0.1, 0.15) is 6.61 Å². The summed E-state index contributed by atoms with van der Waals surface area (Å²) in [4.78, 5) is 20.3. The van der Waals surface area contributed by atoms with E-state index in [0.29, 0.717) is 6.61 Å². The van der Waals surface area contributed by atoms with E-state index in [1.165, 1.54) is 0 Å². The first-order valence-electron chi connectivity index (χ1n) is 6.79. The number of benzene rings is 1. The van der Waals surface area contributed by atoms with Gasteiger partial charge in [-0.25, -0.2) is 14.8 Å². The van der Waals surface area contributed by atoms with Crippen molar-refractivity contribution < 1.29 is 14.3 Å². The molecule has 0 aliphatic heterocycles. The summed E-state index contributed by atoms with van der Waals surface area (Å²) in [6.45, 7) is 2.56. The van der Waals surface area contributed by atoms with E-state index in [-0.39, 0.29) is 12.4 Å². The molecule has 5 heteroatoms. The first-order chi connectivity index (χ1) is 10.2. The van der Waals surface area contributed by atoms with Gasteiger partial charge in [-0.3, -0.25) is 0 Å². The van der Waals surface area contributed by atoms with Crippen molar-refractivity contribution in [2.24, 2.45) is 0 Å². The van der Waals surface area contributed by atoms with Crippen molar-refractivity contribution in [1.82, 2.24) is 9.97 Å². The number of rotatable bonds is 6. The maximum Gasteiger partial charge on any atom is 0.376 e. The van der Waals surface area contributed by atoms with Crippen molar-refractivity contribution >= 4 is 5.97 Å². The van der Waals surface area contributed by atoms with Crippen LogP contribution >= 0.6 is 0 Å². The number of esters is 1. The Morgan fingerprint density at radius 1 is 1.19 bits per heavy atom. The normalized spacial score (nSPS) is 10.4. The third-order valence-corrected chi connectivity index (χ3v) is 3.01. The molecule has 0 amide bonds. The molecule has 5 nitrogen and oxygen atoms in total. The van der Waals surface area contributed by atoms with Crippen molar-refractivity contribution in [2.75, 3.05) is 7.11 Å². The molecule has 0 unspecified atom stereocenters. The molecule has 2 rings (SSSR count). The van der Waals surface area contributed by atoms with Crippen LogP contribution in [0.4, 0.5) is 0 Å². The number of carbonyl (C=O) groups is 1. The Kier molecular flexibility index (Phi) is 5.40. The van der Waals surface area contributed by atoms with Gasteiger partial charge in [-0.1, -0.05) is 37.3 Å². The Labute approximate surface area is 124 Å². The molecule has 0 N–H and O–H groups in total. The molecule has 1 aromatic carbocycles. The van der Waals surface area contributed by atoms with Crippen molar-refractivity contribution in [3.8, 4) is 0 Å². The van der Waals surface area contributed by atoms with Gasteiger partial charge in [0.05, 0.1) is 12.3 Å². The summed E-state index contributed by atoms with van der Waals surface area (Å²) in [5.74, 6) is -0.464. The molecule has 0 saturated carbocycles. The van der Waals surface area contributed by atoms with Crippen molar-refractivity contribution in [1.29, 1.82) is 0 Å². The Morgan fingerprint density at radius 2 is 1.95 bits per heavy atom. The van der Waals surface area contributed by atoms with Crippen LogP contribution < -0.4 is 0 Å². The predicted molar refractivity (Wildman–Crippen MR) is 77.7 cm³/mol. The average Bonchev–Trinajstić information content (AvgIpc) is 2.54. The zero-order chi connectivity index (χ0) is 15.1. The van der Waals surface area contributed by atoms with E-state index in [2.05, 4.69) is 9.97 Å². The number of aromatic nitrogens is 2. The fraction of sp³-hybridized carbons (Fsp3) is 0.312. The van der Waals surface area contributed by atoms with E-state index in [1.54, 1.807) is 13.3 Å². The molecule has 0 fully saturated rings. The van der Waals surface area contributed by atoms with E-state index in [9.17, 15) is 4.79 Å². The van der Waals surface area contributed by atoms with Crippen LogP contribution in [-0.2, 0) is 29.1 Å². The molecule has 0 atom stereocenters. The van der Waals surface area contributed by atoms with Crippen LogP contribution in [0.1, 0.15) is 34.4 Å². The zero-order valence-electron chi connectivity index (χ0n) is 12.2. The van der Waals surface area contributed by atoms with E-state index < -0.39 is 5.97 Å². The number of hydrogen-bond donors (Lipinski definition) is 0. The van der Waals surface area contributed by atoms with Gasteiger partial charge >= 0.3 is 5.97 Å². The minimum absolute atomic E-state index is 0.0650. The first-order valence-corrected chi connectivity index (χ1v) is 6.79. The highest BCUT2D eigenvalue weighted by atomic mass is 16.5.